The number of hydrogen-bond donors (Lipinski definition) is 1. The van der Waals surface area contributed by atoms with Crippen LogP contribution in [-0.2, 0) is 9.47 Å². The molecule has 2 bridgehead atoms. The summed E-state index contributed by atoms with van der Waals surface area (Å²) < 4.78 is 10.1. The zero-order valence-electron chi connectivity index (χ0n) is 7.45. The Morgan fingerprint density at radius 2 is 2.25 bits per heavy atom. The van der Waals surface area contributed by atoms with E-state index in [0.29, 0.717) is 19.3 Å². The molecule has 3 nitrogen and oxygen atoms in total. The van der Waals surface area contributed by atoms with Gasteiger partial charge in [-0.05, 0) is 30.1 Å². The molecule has 12 heavy (non-hydrogen) atoms. The lowest BCUT2D eigenvalue weighted by Crippen LogP contribution is -2.64. The topological polar surface area (TPSA) is 38.7 Å². The third-order valence-electron chi connectivity index (χ3n) is 3.51. The van der Waals surface area contributed by atoms with Crippen LogP contribution in [0.5, 0.6) is 0 Å². The molecular formula is C9H16O3. The summed E-state index contributed by atoms with van der Waals surface area (Å²) in [7, 11) is 1.63. The van der Waals surface area contributed by atoms with Crippen LogP contribution in [0.15, 0.2) is 0 Å². The second kappa shape index (κ2) is 2.98. The van der Waals surface area contributed by atoms with Gasteiger partial charge in [-0.1, -0.05) is 0 Å². The molecule has 3 rings (SSSR count). The van der Waals surface area contributed by atoms with E-state index in [1.807, 2.05) is 0 Å². The molecule has 0 radical (unpaired) electrons. The number of aliphatic hydroxyl groups is 1. The van der Waals surface area contributed by atoms with Gasteiger partial charge < -0.3 is 14.6 Å². The molecule has 3 saturated carbocycles. The van der Waals surface area contributed by atoms with E-state index in [4.69, 9.17) is 14.6 Å². The molecule has 3 aliphatic rings. The molecule has 1 N–H and O–H groups in total. The van der Waals surface area contributed by atoms with Crippen LogP contribution in [0.4, 0.5) is 0 Å². The van der Waals surface area contributed by atoms with E-state index < -0.39 is 0 Å². The van der Waals surface area contributed by atoms with Crippen molar-refractivity contribution in [3.05, 3.63) is 0 Å². The van der Waals surface area contributed by atoms with Crippen LogP contribution in [0.3, 0.4) is 0 Å². The van der Waals surface area contributed by atoms with Crippen LogP contribution < -0.4 is 0 Å². The average Bonchev–Trinajstić information content (AvgIpc) is 1.96. The third-order valence-corrected chi connectivity index (χ3v) is 3.51. The van der Waals surface area contributed by atoms with Crippen molar-refractivity contribution in [1.82, 2.24) is 0 Å². The molecule has 0 spiro atoms. The normalized spacial score (nSPS) is 43.5. The number of methoxy groups -OCH3 is 1. The molecular weight excluding hydrogens is 156 g/mol. The second-order valence-corrected chi connectivity index (χ2v) is 4.07. The Hall–Kier alpha value is -0.120. The number of ether oxygens (including phenoxy) is 2. The van der Waals surface area contributed by atoms with Gasteiger partial charge >= 0.3 is 0 Å². The fourth-order valence-corrected chi connectivity index (χ4v) is 2.57. The summed E-state index contributed by atoms with van der Waals surface area (Å²) in [5.41, 5.74) is 0.248. The first kappa shape index (κ1) is 8.48. The van der Waals surface area contributed by atoms with Crippen molar-refractivity contribution in [2.24, 2.45) is 17.3 Å². The van der Waals surface area contributed by atoms with Crippen LogP contribution in [0.2, 0.25) is 0 Å². The highest BCUT2D eigenvalue weighted by molar-refractivity contribution is 5.13. The molecule has 0 aromatic rings. The van der Waals surface area contributed by atoms with Crippen molar-refractivity contribution >= 4 is 0 Å². The van der Waals surface area contributed by atoms with Crippen LogP contribution in [0.25, 0.3) is 0 Å². The molecule has 3 fully saturated rings. The molecule has 0 amide bonds. The SMILES string of the molecule is COCOCC1C2CC1(CO)C2. The van der Waals surface area contributed by atoms with E-state index in [2.05, 4.69) is 0 Å². The smallest absolute Gasteiger partial charge is 0.146 e. The summed E-state index contributed by atoms with van der Waals surface area (Å²) in [6, 6.07) is 0. The molecule has 3 heteroatoms. The van der Waals surface area contributed by atoms with Gasteiger partial charge in [0.15, 0.2) is 0 Å². The van der Waals surface area contributed by atoms with Gasteiger partial charge in [0, 0.05) is 13.7 Å². The van der Waals surface area contributed by atoms with Gasteiger partial charge in [0.25, 0.3) is 0 Å². The zero-order valence-corrected chi connectivity index (χ0v) is 7.45. The Morgan fingerprint density at radius 1 is 1.50 bits per heavy atom. The molecule has 0 aromatic carbocycles. The Labute approximate surface area is 72.7 Å². The van der Waals surface area contributed by atoms with Crippen LogP contribution in [-0.4, -0.2) is 32.2 Å². The van der Waals surface area contributed by atoms with Gasteiger partial charge in [0.1, 0.15) is 6.79 Å². The van der Waals surface area contributed by atoms with Gasteiger partial charge in [-0.3, -0.25) is 0 Å². The van der Waals surface area contributed by atoms with Crippen molar-refractivity contribution in [2.75, 3.05) is 27.1 Å². The van der Waals surface area contributed by atoms with E-state index in [1.54, 1.807) is 7.11 Å². The van der Waals surface area contributed by atoms with E-state index in [-0.39, 0.29) is 5.41 Å². The van der Waals surface area contributed by atoms with Crippen molar-refractivity contribution in [3.8, 4) is 0 Å². The van der Waals surface area contributed by atoms with Gasteiger partial charge in [0.2, 0.25) is 0 Å². The Balaban J connectivity index is 1.70. The molecule has 0 saturated heterocycles. The van der Waals surface area contributed by atoms with E-state index in [1.165, 1.54) is 12.8 Å². The van der Waals surface area contributed by atoms with Crippen molar-refractivity contribution in [1.29, 1.82) is 0 Å². The fourth-order valence-electron chi connectivity index (χ4n) is 2.57. The van der Waals surface area contributed by atoms with Gasteiger partial charge in [-0.25, -0.2) is 0 Å². The highest BCUT2D eigenvalue weighted by atomic mass is 16.7. The predicted octanol–water partition coefficient (Wildman–Crippen LogP) is 0.625. The largest absolute Gasteiger partial charge is 0.396 e. The molecule has 0 heterocycles. The summed E-state index contributed by atoms with van der Waals surface area (Å²) >= 11 is 0. The number of rotatable bonds is 5. The lowest BCUT2D eigenvalue weighted by atomic mass is 9.38. The van der Waals surface area contributed by atoms with Crippen LogP contribution in [0.1, 0.15) is 12.8 Å². The fraction of sp³-hybridized carbons (Fsp3) is 1.00. The quantitative estimate of drug-likeness (QED) is 0.488. The predicted molar refractivity (Wildman–Crippen MR) is 43.6 cm³/mol. The van der Waals surface area contributed by atoms with E-state index in [0.717, 1.165) is 12.5 Å². The first-order chi connectivity index (χ1) is 5.82. The second-order valence-electron chi connectivity index (χ2n) is 4.07. The minimum atomic E-state index is 0.248. The summed E-state index contributed by atoms with van der Waals surface area (Å²) in [6.07, 6.45) is 2.43. The third kappa shape index (κ3) is 1.00. The summed E-state index contributed by atoms with van der Waals surface area (Å²) in [5, 5.41) is 9.12. The first-order valence-electron chi connectivity index (χ1n) is 4.50. The maximum atomic E-state index is 9.12. The van der Waals surface area contributed by atoms with Gasteiger partial charge in [0.05, 0.1) is 6.61 Å². The maximum absolute atomic E-state index is 9.12. The minimum Gasteiger partial charge on any atom is -0.396 e. The van der Waals surface area contributed by atoms with E-state index >= 15 is 0 Å². The highest BCUT2D eigenvalue weighted by Crippen LogP contribution is 2.68. The minimum absolute atomic E-state index is 0.248. The van der Waals surface area contributed by atoms with Crippen molar-refractivity contribution in [3.63, 3.8) is 0 Å². The number of aliphatic hydroxyl groups excluding tert-OH is 1. The van der Waals surface area contributed by atoms with Gasteiger partial charge in [-0.15, -0.1) is 0 Å². The maximum Gasteiger partial charge on any atom is 0.146 e. The zero-order chi connectivity index (χ0) is 8.60. The van der Waals surface area contributed by atoms with Crippen molar-refractivity contribution < 1.29 is 14.6 Å². The highest BCUT2D eigenvalue weighted by Gasteiger charge is 2.64. The molecule has 0 aromatic heterocycles. The lowest BCUT2D eigenvalue weighted by Gasteiger charge is -2.67. The van der Waals surface area contributed by atoms with Crippen LogP contribution >= 0.6 is 0 Å². The van der Waals surface area contributed by atoms with E-state index in [9.17, 15) is 0 Å². The Kier molecular flexibility index (Phi) is 2.10. The first-order valence-corrected chi connectivity index (χ1v) is 4.50. The monoisotopic (exact) mass is 172 g/mol. The summed E-state index contributed by atoms with van der Waals surface area (Å²) in [6.45, 7) is 1.48. The molecule has 3 aliphatic carbocycles. The molecule has 1 unspecified atom stereocenters. The summed E-state index contributed by atoms with van der Waals surface area (Å²) in [5.74, 6) is 1.44. The lowest BCUT2D eigenvalue weighted by molar-refractivity contribution is -0.239. The number of hydrogen-bond acceptors (Lipinski definition) is 3. The Morgan fingerprint density at radius 3 is 2.67 bits per heavy atom. The summed E-state index contributed by atoms with van der Waals surface area (Å²) in [4.78, 5) is 0. The van der Waals surface area contributed by atoms with Crippen LogP contribution in [0, 0.1) is 17.3 Å². The van der Waals surface area contributed by atoms with Crippen molar-refractivity contribution in [2.45, 2.75) is 12.8 Å². The average molecular weight is 172 g/mol. The van der Waals surface area contributed by atoms with Gasteiger partial charge in [-0.2, -0.15) is 0 Å². The standard InChI is InChI=1S/C9H16O3/c1-11-6-12-4-8-7-2-9(8,3-7)5-10/h7-8,10H,2-6H2,1H3. The molecule has 70 valence electrons. The molecule has 1 atom stereocenters. The molecule has 0 aliphatic heterocycles. The Bertz CT molecular complexity index is 158.